The molecule has 1 aliphatic rings. The number of hydrogen-bond donors (Lipinski definition) is 2. The van der Waals surface area contributed by atoms with Crippen molar-refractivity contribution < 1.29 is 22.4 Å². The Hall–Kier alpha value is -3.73. The molecule has 1 amide bonds. The molecule has 37 heavy (non-hydrogen) atoms. The average molecular weight is 517 g/mol. The Morgan fingerprint density at radius 2 is 2.11 bits per heavy atom. The minimum Gasteiger partial charge on any atom is -0.379 e. The van der Waals surface area contributed by atoms with E-state index in [2.05, 4.69) is 27.2 Å². The monoisotopic (exact) mass is 516 g/mol. The van der Waals surface area contributed by atoms with Crippen LogP contribution in [0.5, 0.6) is 0 Å². The molecule has 196 valence electrons. The summed E-state index contributed by atoms with van der Waals surface area (Å²) >= 11 is 0. The van der Waals surface area contributed by atoms with E-state index in [-0.39, 0.29) is 42.3 Å². The van der Waals surface area contributed by atoms with Gasteiger partial charge in [-0.2, -0.15) is 13.2 Å². The van der Waals surface area contributed by atoms with E-state index < -0.39 is 24.0 Å². The first-order chi connectivity index (χ1) is 17.6. The van der Waals surface area contributed by atoms with Gasteiger partial charge in [-0.1, -0.05) is 24.8 Å². The lowest BCUT2D eigenvalue weighted by molar-refractivity contribution is -0.121. The Balaban J connectivity index is 1.60. The maximum atomic E-state index is 14.7. The van der Waals surface area contributed by atoms with E-state index in [0.717, 1.165) is 0 Å². The SMILES string of the molecule is C=C(c1nc(/C=C/CNC(=O)Cn2ccnc2)cc2c(N[C@@H]3CCN(C)C[C@@H]3F)cccc12)C(F)(F)F. The molecule has 0 bridgehead atoms. The first kappa shape index (κ1) is 26.3. The zero-order chi connectivity index (χ0) is 26.6. The number of hydrogen-bond acceptors (Lipinski definition) is 5. The summed E-state index contributed by atoms with van der Waals surface area (Å²) in [5.41, 5.74) is -0.582. The number of nitrogens with one attached hydrogen (secondary N) is 2. The fraction of sp³-hybridized carbons (Fsp3) is 0.346. The number of aromatic nitrogens is 3. The summed E-state index contributed by atoms with van der Waals surface area (Å²) in [5, 5.41) is 6.65. The van der Waals surface area contributed by atoms with Crippen LogP contribution in [0.2, 0.25) is 0 Å². The molecular formula is C26H28F4N6O. The molecular weight excluding hydrogens is 488 g/mol. The number of fused-ring (bicyclic) bond motifs is 1. The van der Waals surface area contributed by atoms with Gasteiger partial charge in [0.15, 0.2) is 0 Å². The molecule has 0 unspecified atom stereocenters. The van der Waals surface area contributed by atoms with Gasteiger partial charge in [0.25, 0.3) is 0 Å². The van der Waals surface area contributed by atoms with Crippen LogP contribution in [0.1, 0.15) is 17.8 Å². The van der Waals surface area contributed by atoms with Crippen molar-refractivity contribution in [2.75, 3.05) is 32.0 Å². The second-order valence-electron chi connectivity index (χ2n) is 9.03. The molecule has 1 fully saturated rings. The van der Waals surface area contributed by atoms with E-state index in [0.29, 0.717) is 24.0 Å². The molecule has 0 radical (unpaired) electrons. The molecule has 2 N–H and O–H groups in total. The standard InChI is InChI=1S/C26H28F4N6O/c1-17(26(28,29)30)25-19-6-3-7-22(34-23-8-11-35(2)14-21(23)27)20(19)13-18(33-25)5-4-9-32-24(37)15-36-12-10-31-16-36/h3-7,10,12-13,16,21,23,34H,1,8-9,11,14-15H2,2H3,(H,32,37)/b5-4+/t21-,23+/m0/s1. The number of halogens is 4. The number of likely N-dealkylation sites (tertiary alicyclic amines) is 1. The third-order valence-electron chi connectivity index (χ3n) is 6.20. The number of carbonyl (C=O) groups excluding carboxylic acids is 1. The van der Waals surface area contributed by atoms with Gasteiger partial charge >= 0.3 is 6.18 Å². The van der Waals surface area contributed by atoms with E-state index in [1.165, 1.54) is 12.4 Å². The maximum absolute atomic E-state index is 14.7. The van der Waals surface area contributed by atoms with E-state index in [4.69, 9.17) is 0 Å². The smallest absolute Gasteiger partial charge is 0.379 e. The summed E-state index contributed by atoms with van der Waals surface area (Å²) in [6.45, 7) is 4.49. The topological polar surface area (TPSA) is 75.1 Å². The molecule has 7 nitrogen and oxygen atoms in total. The number of alkyl halides is 4. The van der Waals surface area contributed by atoms with Crippen molar-refractivity contribution >= 4 is 34.0 Å². The van der Waals surface area contributed by atoms with Crippen LogP contribution in [0.3, 0.4) is 0 Å². The number of amides is 1. The zero-order valence-corrected chi connectivity index (χ0v) is 20.3. The minimum absolute atomic E-state index is 0.0964. The Kier molecular flexibility index (Phi) is 7.91. The number of benzene rings is 1. The highest BCUT2D eigenvalue weighted by Gasteiger charge is 2.35. The third kappa shape index (κ3) is 6.53. The average Bonchev–Trinajstić information content (AvgIpc) is 3.35. The predicted molar refractivity (Wildman–Crippen MR) is 136 cm³/mol. The molecule has 0 saturated carbocycles. The number of allylic oxidation sites excluding steroid dienone is 1. The molecule has 3 heterocycles. The van der Waals surface area contributed by atoms with Gasteiger partial charge in [0.2, 0.25) is 5.91 Å². The zero-order valence-electron chi connectivity index (χ0n) is 20.3. The molecule has 2 atom stereocenters. The number of anilines is 1. The summed E-state index contributed by atoms with van der Waals surface area (Å²) in [6.07, 6.45) is 2.65. The number of carbonyl (C=O) groups is 1. The number of imidazole rings is 1. The maximum Gasteiger partial charge on any atom is 0.417 e. The second-order valence-corrected chi connectivity index (χ2v) is 9.03. The van der Waals surface area contributed by atoms with Crippen molar-refractivity contribution in [1.29, 1.82) is 0 Å². The molecule has 2 aromatic heterocycles. The number of piperidine rings is 1. The molecule has 3 aromatic rings. The van der Waals surface area contributed by atoms with Crippen molar-refractivity contribution in [2.24, 2.45) is 0 Å². The van der Waals surface area contributed by atoms with E-state index in [1.807, 2.05) is 11.9 Å². The van der Waals surface area contributed by atoms with Crippen LogP contribution < -0.4 is 10.6 Å². The lowest BCUT2D eigenvalue weighted by Crippen LogP contribution is -2.46. The Morgan fingerprint density at radius 3 is 2.81 bits per heavy atom. The molecule has 1 aromatic carbocycles. The van der Waals surface area contributed by atoms with Gasteiger partial charge in [0.05, 0.1) is 29.3 Å². The van der Waals surface area contributed by atoms with Crippen molar-refractivity contribution in [3.8, 4) is 0 Å². The van der Waals surface area contributed by atoms with E-state index >= 15 is 0 Å². The summed E-state index contributed by atoms with van der Waals surface area (Å²) in [7, 11) is 1.85. The van der Waals surface area contributed by atoms with Gasteiger partial charge in [-0.15, -0.1) is 0 Å². The van der Waals surface area contributed by atoms with Crippen LogP contribution in [-0.2, 0) is 11.3 Å². The van der Waals surface area contributed by atoms with Crippen LogP contribution in [-0.4, -0.2) is 70.4 Å². The van der Waals surface area contributed by atoms with Gasteiger partial charge < -0.3 is 20.1 Å². The minimum atomic E-state index is -4.68. The number of pyridine rings is 1. The van der Waals surface area contributed by atoms with Crippen molar-refractivity contribution in [2.45, 2.75) is 31.4 Å². The van der Waals surface area contributed by atoms with Gasteiger partial charge in [0, 0.05) is 48.5 Å². The van der Waals surface area contributed by atoms with Crippen molar-refractivity contribution in [3.63, 3.8) is 0 Å². The molecule has 1 saturated heterocycles. The Labute approximate surface area is 211 Å². The van der Waals surface area contributed by atoms with Gasteiger partial charge in [-0.05, 0) is 31.7 Å². The predicted octanol–water partition coefficient (Wildman–Crippen LogP) is 4.29. The summed E-state index contributed by atoms with van der Waals surface area (Å²) < 4.78 is 57.2. The Morgan fingerprint density at radius 1 is 1.30 bits per heavy atom. The van der Waals surface area contributed by atoms with Crippen LogP contribution in [0.25, 0.3) is 22.4 Å². The van der Waals surface area contributed by atoms with Crippen LogP contribution in [0, 0.1) is 0 Å². The molecule has 0 spiro atoms. The van der Waals surface area contributed by atoms with Crippen LogP contribution >= 0.6 is 0 Å². The fourth-order valence-electron chi connectivity index (χ4n) is 4.25. The van der Waals surface area contributed by atoms with Crippen LogP contribution in [0.4, 0.5) is 23.2 Å². The third-order valence-corrected chi connectivity index (χ3v) is 6.20. The summed E-state index contributed by atoms with van der Waals surface area (Å²) in [5.74, 6) is -0.245. The summed E-state index contributed by atoms with van der Waals surface area (Å²) in [6, 6.07) is 6.07. The van der Waals surface area contributed by atoms with E-state index in [9.17, 15) is 22.4 Å². The molecule has 1 aliphatic heterocycles. The van der Waals surface area contributed by atoms with Gasteiger partial charge in [-0.3, -0.25) is 4.79 Å². The quantitative estimate of drug-likeness (QED) is 0.437. The molecule has 11 heteroatoms. The van der Waals surface area contributed by atoms with Crippen molar-refractivity contribution in [3.05, 3.63) is 67.0 Å². The highest BCUT2D eigenvalue weighted by Crippen LogP contribution is 2.37. The molecule has 0 aliphatic carbocycles. The van der Waals surface area contributed by atoms with Crippen molar-refractivity contribution in [1.82, 2.24) is 24.8 Å². The number of nitrogens with zero attached hydrogens (tertiary/aromatic N) is 4. The highest BCUT2D eigenvalue weighted by atomic mass is 19.4. The van der Waals surface area contributed by atoms with Gasteiger partial charge in [0.1, 0.15) is 12.7 Å². The normalized spacial score (nSPS) is 18.8. The highest BCUT2D eigenvalue weighted by molar-refractivity contribution is 6.00. The van der Waals surface area contributed by atoms with Crippen LogP contribution in [0.15, 0.2) is 55.6 Å². The van der Waals surface area contributed by atoms with E-state index in [1.54, 1.807) is 47.3 Å². The van der Waals surface area contributed by atoms with Gasteiger partial charge in [-0.25, -0.2) is 14.4 Å². The fourth-order valence-corrected chi connectivity index (χ4v) is 4.25. The Bertz CT molecular complexity index is 1290. The first-order valence-corrected chi connectivity index (χ1v) is 11.8. The largest absolute Gasteiger partial charge is 0.417 e. The number of rotatable bonds is 8. The summed E-state index contributed by atoms with van der Waals surface area (Å²) in [4.78, 5) is 22.0. The molecule has 4 rings (SSSR count). The lowest BCUT2D eigenvalue weighted by atomic mass is 9.99. The lowest BCUT2D eigenvalue weighted by Gasteiger charge is -2.33. The first-order valence-electron chi connectivity index (χ1n) is 11.8. The second kappa shape index (κ2) is 11.1.